The van der Waals surface area contributed by atoms with Crippen LogP contribution in [-0.2, 0) is 9.47 Å². The van der Waals surface area contributed by atoms with Gasteiger partial charge in [-0.2, -0.15) is 0 Å². The van der Waals surface area contributed by atoms with Gasteiger partial charge >= 0.3 is 0 Å². The molecule has 1 amide bonds. The van der Waals surface area contributed by atoms with Crippen LogP contribution in [0.25, 0.3) is 0 Å². The maximum atomic E-state index is 13.1. The predicted molar refractivity (Wildman–Crippen MR) is 107 cm³/mol. The monoisotopic (exact) mass is 434 g/mol. The first kappa shape index (κ1) is 19.1. The molecule has 5 nitrogen and oxygen atoms in total. The van der Waals surface area contributed by atoms with Gasteiger partial charge in [-0.3, -0.25) is 9.69 Å². The van der Waals surface area contributed by atoms with E-state index in [-0.39, 0.29) is 18.2 Å². The van der Waals surface area contributed by atoms with Crippen molar-refractivity contribution in [2.45, 2.75) is 50.2 Å². The maximum Gasteiger partial charge on any atom is 0.254 e. The molecule has 6 heteroatoms. The van der Waals surface area contributed by atoms with Crippen molar-refractivity contribution >= 4 is 21.8 Å². The van der Waals surface area contributed by atoms with Crippen molar-refractivity contribution in [3.8, 4) is 0 Å². The fourth-order valence-corrected chi connectivity index (χ4v) is 4.69. The van der Waals surface area contributed by atoms with E-state index in [9.17, 15) is 4.79 Å². The first-order valence-electron chi connectivity index (χ1n) is 9.83. The molecule has 2 heterocycles. The molecule has 1 aliphatic carbocycles. The number of carbonyl (C=O) groups is 1. The minimum atomic E-state index is -0.691. The largest absolute Gasteiger partial charge is 0.344 e. The Morgan fingerprint density at radius 2 is 1.93 bits per heavy atom. The molecule has 1 aromatic carbocycles. The number of hydrogen-bond donors (Lipinski definition) is 0. The molecular weight excluding hydrogens is 408 g/mol. The summed E-state index contributed by atoms with van der Waals surface area (Å²) in [4.78, 5) is 17.3. The van der Waals surface area contributed by atoms with Gasteiger partial charge in [0.1, 0.15) is 6.23 Å². The summed E-state index contributed by atoms with van der Waals surface area (Å²) in [5, 5.41) is 0. The van der Waals surface area contributed by atoms with Gasteiger partial charge in [-0.05, 0) is 37.1 Å². The molecule has 1 spiro atoms. The number of halogens is 1. The van der Waals surface area contributed by atoms with E-state index in [1.54, 1.807) is 0 Å². The highest BCUT2D eigenvalue weighted by molar-refractivity contribution is 9.10. The second-order valence-electron chi connectivity index (χ2n) is 7.66. The molecule has 3 atom stereocenters. The molecule has 0 radical (unpaired) electrons. The van der Waals surface area contributed by atoms with Gasteiger partial charge in [0.2, 0.25) is 0 Å². The van der Waals surface area contributed by atoms with Crippen LogP contribution in [-0.4, -0.2) is 60.5 Å². The third kappa shape index (κ3) is 3.86. The third-order valence-corrected chi connectivity index (χ3v) is 6.48. The van der Waals surface area contributed by atoms with E-state index in [0.29, 0.717) is 12.2 Å². The smallest absolute Gasteiger partial charge is 0.254 e. The summed E-state index contributed by atoms with van der Waals surface area (Å²) in [5.74, 6) is -0.670. The van der Waals surface area contributed by atoms with Crippen molar-refractivity contribution in [1.82, 2.24) is 9.80 Å². The van der Waals surface area contributed by atoms with Crippen molar-refractivity contribution in [3.05, 3.63) is 46.5 Å². The minimum absolute atomic E-state index is 0.0206. The lowest BCUT2D eigenvalue weighted by molar-refractivity contribution is -0.218. The first-order chi connectivity index (χ1) is 13.1. The van der Waals surface area contributed by atoms with Gasteiger partial charge in [0.25, 0.3) is 5.91 Å². The number of amides is 1. The van der Waals surface area contributed by atoms with Gasteiger partial charge in [0.15, 0.2) is 5.79 Å². The van der Waals surface area contributed by atoms with Gasteiger partial charge < -0.3 is 14.4 Å². The number of ether oxygens (including phenoxy) is 2. The summed E-state index contributed by atoms with van der Waals surface area (Å²) in [5.41, 5.74) is 0.693. The van der Waals surface area contributed by atoms with Crippen LogP contribution in [0.3, 0.4) is 0 Å². The number of likely N-dealkylation sites (N-methyl/N-ethyl adjacent to an activating group) is 1. The molecule has 3 aliphatic rings. The van der Waals surface area contributed by atoms with Gasteiger partial charge in [0.05, 0.1) is 12.6 Å². The lowest BCUT2D eigenvalue weighted by Crippen LogP contribution is -2.54. The molecule has 1 saturated carbocycles. The highest BCUT2D eigenvalue weighted by Gasteiger charge is 2.51. The Balaban J connectivity index is 1.54. The van der Waals surface area contributed by atoms with E-state index in [1.165, 1.54) is 0 Å². The van der Waals surface area contributed by atoms with E-state index in [1.807, 2.05) is 36.2 Å². The molecule has 0 bridgehead atoms. The molecule has 3 unspecified atom stereocenters. The van der Waals surface area contributed by atoms with Crippen LogP contribution in [0, 0.1) is 0 Å². The van der Waals surface area contributed by atoms with E-state index in [2.05, 4.69) is 33.0 Å². The standard InChI is InChI=1S/C21H27BrN2O3/c1-23(20(25)16-8-10-17(22)11-9-16)18-7-3-2-4-12-21(18)26-15-19(27-21)24-13-5-6-14-24/h5-6,8-11,18-19H,2-4,7,12-15H2,1H3. The Labute approximate surface area is 169 Å². The highest BCUT2D eigenvalue weighted by Crippen LogP contribution is 2.40. The summed E-state index contributed by atoms with van der Waals surface area (Å²) in [6.45, 7) is 2.38. The Morgan fingerprint density at radius 3 is 2.67 bits per heavy atom. The average molecular weight is 435 g/mol. The average Bonchev–Trinajstić information content (AvgIpc) is 3.30. The van der Waals surface area contributed by atoms with Crippen LogP contribution in [0.2, 0.25) is 0 Å². The molecule has 27 heavy (non-hydrogen) atoms. The zero-order valence-corrected chi connectivity index (χ0v) is 17.4. The fourth-order valence-electron chi connectivity index (χ4n) is 4.42. The van der Waals surface area contributed by atoms with Crippen molar-refractivity contribution in [2.75, 3.05) is 26.7 Å². The van der Waals surface area contributed by atoms with Crippen LogP contribution < -0.4 is 0 Å². The molecule has 146 valence electrons. The van der Waals surface area contributed by atoms with Crippen LogP contribution in [0.15, 0.2) is 40.9 Å². The van der Waals surface area contributed by atoms with Crippen LogP contribution in [0.1, 0.15) is 42.5 Å². The van der Waals surface area contributed by atoms with Gasteiger partial charge in [-0.25, -0.2) is 0 Å². The van der Waals surface area contributed by atoms with Crippen molar-refractivity contribution < 1.29 is 14.3 Å². The SMILES string of the molecule is CN(C(=O)c1ccc(Br)cc1)C1CCCCCC12OCC(N1CC=CC1)O2. The number of hydrogen-bond acceptors (Lipinski definition) is 4. The topological polar surface area (TPSA) is 42.0 Å². The Kier molecular flexibility index (Phi) is 5.69. The number of carbonyl (C=O) groups excluding carboxylic acids is 1. The Hall–Kier alpha value is -1.21. The second-order valence-corrected chi connectivity index (χ2v) is 8.57. The quantitative estimate of drug-likeness (QED) is 0.678. The second kappa shape index (κ2) is 8.03. The fraction of sp³-hybridized carbons (Fsp3) is 0.571. The van der Waals surface area contributed by atoms with Crippen LogP contribution >= 0.6 is 15.9 Å². The van der Waals surface area contributed by atoms with E-state index >= 15 is 0 Å². The number of rotatable bonds is 3. The predicted octanol–water partition coefficient (Wildman–Crippen LogP) is 3.79. The Morgan fingerprint density at radius 1 is 1.19 bits per heavy atom. The molecule has 0 N–H and O–H groups in total. The summed E-state index contributed by atoms with van der Waals surface area (Å²) >= 11 is 3.43. The molecule has 0 aromatic heterocycles. The lowest BCUT2D eigenvalue weighted by atomic mass is 9.99. The van der Waals surface area contributed by atoms with E-state index in [0.717, 1.165) is 49.7 Å². The van der Waals surface area contributed by atoms with Crippen LogP contribution in [0.4, 0.5) is 0 Å². The normalized spacial score (nSPS) is 31.3. The van der Waals surface area contributed by atoms with Crippen molar-refractivity contribution in [3.63, 3.8) is 0 Å². The molecule has 2 aliphatic heterocycles. The third-order valence-electron chi connectivity index (χ3n) is 5.95. The van der Waals surface area contributed by atoms with Gasteiger partial charge in [0, 0.05) is 36.6 Å². The van der Waals surface area contributed by atoms with Crippen molar-refractivity contribution in [1.29, 1.82) is 0 Å². The minimum Gasteiger partial charge on any atom is -0.344 e. The molecule has 1 saturated heterocycles. The van der Waals surface area contributed by atoms with Gasteiger partial charge in [-0.15, -0.1) is 0 Å². The highest BCUT2D eigenvalue weighted by atomic mass is 79.9. The Bertz CT molecular complexity index is 700. The van der Waals surface area contributed by atoms with Gasteiger partial charge in [-0.1, -0.05) is 40.9 Å². The lowest BCUT2D eigenvalue weighted by Gasteiger charge is -2.40. The summed E-state index contributed by atoms with van der Waals surface area (Å²) in [6, 6.07) is 7.46. The van der Waals surface area contributed by atoms with Crippen LogP contribution in [0.5, 0.6) is 0 Å². The number of nitrogens with zero attached hydrogens (tertiary/aromatic N) is 2. The summed E-state index contributed by atoms with van der Waals surface area (Å²) in [6.07, 6.45) is 9.37. The van der Waals surface area contributed by atoms with E-state index < -0.39 is 5.79 Å². The summed E-state index contributed by atoms with van der Waals surface area (Å²) < 4.78 is 13.9. The zero-order chi connectivity index (χ0) is 18.9. The molecule has 1 aromatic rings. The molecule has 2 fully saturated rings. The molecule has 4 rings (SSSR count). The molecular formula is C21H27BrN2O3. The van der Waals surface area contributed by atoms with E-state index in [4.69, 9.17) is 9.47 Å². The summed E-state index contributed by atoms with van der Waals surface area (Å²) in [7, 11) is 1.89. The number of benzene rings is 1. The zero-order valence-electron chi connectivity index (χ0n) is 15.8. The maximum absolute atomic E-state index is 13.1. The first-order valence-corrected chi connectivity index (χ1v) is 10.6. The van der Waals surface area contributed by atoms with Crippen molar-refractivity contribution in [2.24, 2.45) is 0 Å².